The van der Waals surface area contributed by atoms with Crippen molar-refractivity contribution in [3.8, 4) is 0 Å². The van der Waals surface area contributed by atoms with Crippen molar-refractivity contribution in [1.82, 2.24) is 10.2 Å². The molecule has 1 aromatic rings. The van der Waals surface area contributed by atoms with Crippen LogP contribution in [0.15, 0.2) is 24.3 Å². The number of carbonyl (C=O) groups excluding carboxylic acids is 1. The maximum atomic E-state index is 12.1. The Bertz CT molecular complexity index is 510. The lowest BCUT2D eigenvalue weighted by Gasteiger charge is -2.31. The second-order valence-electron chi connectivity index (χ2n) is 5.57. The van der Waals surface area contributed by atoms with Gasteiger partial charge < -0.3 is 15.3 Å². The molecule has 0 saturated heterocycles. The van der Waals surface area contributed by atoms with E-state index in [0.29, 0.717) is 12.6 Å². The second-order valence-corrected chi connectivity index (χ2v) is 5.57. The molecule has 2 rings (SSSR count). The SMILES string of the molecule is CN(C(=O)NCc1cccc(C(=O)O)c1)C1CCCCC1. The van der Waals surface area contributed by atoms with Crippen LogP contribution < -0.4 is 5.32 Å². The summed E-state index contributed by atoms with van der Waals surface area (Å²) in [4.78, 5) is 24.8. The molecule has 5 nitrogen and oxygen atoms in total. The molecule has 2 N–H and O–H groups in total. The number of hydrogen-bond acceptors (Lipinski definition) is 2. The minimum absolute atomic E-state index is 0.0948. The van der Waals surface area contributed by atoms with Crippen molar-refractivity contribution in [1.29, 1.82) is 0 Å². The molecule has 0 spiro atoms. The largest absolute Gasteiger partial charge is 0.478 e. The van der Waals surface area contributed by atoms with Gasteiger partial charge >= 0.3 is 12.0 Å². The normalized spacial score (nSPS) is 15.5. The molecule has 114 valence electrons. The fourth-order valence-corrected chi connectivity index (χ4v) is 2.75. The Morgan fingerprint density at radius 3 is 2.67 bits per heavy atom. The molecule has 0 bridgehead atoms. The summed E-state index contributed by atoms with van der Waals surface area (Å²) in [6.45, 7) is 0.344. The first-order valence-electron chi connectivity index (χ1n) is 7.41. The number of amides is 2. The van der Waals surface area contributed by atoms with Crippen molar-refractivity contribution in [3.05, 3.63) is 35.4 Å². The number of carboxylic acids is 1. The second kappa shape index (κ2) is 7.11. The molecule has 5 heteroatoms. The smallest absolute Gasteiger partial charge is 0.335 e. The van der Waals surface area contributed by atoms with Crippen LogP contribution in [0.5, 0.6) is 0 Å². The molecule has 1 aromatic carbocycles. The molecule has 0 aliphatic heterocycles. The van der Waals surface area contributed by atoms with Crippen LogP contribution >= 0.6 is 0 Å². The number of hydrogen-bond donors (Lipinski definition) is 2. The summed E-state index contributed by atoms with van der Waals surface area (Å²) in [6, 6.07) is 6.86. The molecule has 1 aliphatic rings. The molecule has 0 unspecified atom stereocenters. The molecule has 1 fully saturated rings. The molecule has 0 atom stereocenters. The summed E-state index contributed by atoms with van der Waals surface area (Å²) in [5.74, 6) is -0.956. The molecule has 1 saturated carbocycles. The van der Waals surface area contributed by atoms with E-state index in [1.165, 1.54) is 19.3 Å². The average molecular weight is 290 g/mol. The Morgan fingerprint density at radius 2 is 2.00 bits per heavy atom. The lowest BCUT2D eigenvalue weighted by atomic mass is 9.95. The lowest BCUT2D eigenvalue weighted by molar-refractivity contribution is 0.0696. The van der Waals surface area contributed by atoms with Gasteiger partial charge in [0.25, 0.3) is 0 Å². The Hall–Kier alpha value is -2.04. The van der Waals surface area contributed by atoms with Crippen LogP contribution in [0, 0.1) is 0 Å². The highest BCUT2D eigenvalue weighted by atomic mass is 16.4. The van der Waals surface area contributed by atoms with Crippen LogP contribution in [0.1, 0.15) is 48.0 Å². The standard InChI is InChI=1S/C16H22N2O3/c1-18(14-8-3-2-4-9-14)16(21)17-11-12-6-5-7-13(10-12)15(19)20/h5-7,10,14H,2-4,8-9,11H2,1H3,(H,17,21)(H,19,20). The van der Waals surface area contributed by atoms with E-state index >= 15 is 0 Å². The van der Waals surface area contributed by atoms with Crippen LogP contribution in [0.4, 0.5) is 4.79 Å². The van der Waals surface area contributed by atoms with Gasteiger partial charge in [-0.3, -0.25) is 0 Å². The third-order valence-corrected chi connectivity index (χ3v) is 4.06. The van der Waals surface area contributed by atoms with Gasteiger partial charge in [0.05, 0.1) is 5.56 Å². The minimum atomic E-state index is -0.956. The summed E-state index contributed by atoms with van der Waals surface area (Å²) >= 11 is 0. The fourth-order valence-electron chi connectivity index (χ4n) is 2.75. The van der Waals surface area contributed by atoms with Gasteiger partial charge in [-0.15, -0.1) is 0 Å². The van der Waals surface area contributed by atoms with E-state index in [0.717, 1.165) is 18.4 Å². The summed E-state index contributed by atoms with van der Waals surface area (Å²) in [6.07, 6.45) is 5.76. The molecule has 0 heterocycles. The van der Waals surface area contributed by atoms with Crippen molar-refractivity contribution in [3.63, 3.8) is 0 Å². The molecular weight excluding hydrogens is 268 g/mol. The van der Waals surface area contributed by atoms with Crippen LogP contribution in [0.3, 0.4) is 0 Å². The summed E-state index contributed by atoms with van der Waals surface area (Å²) in [5, 5.41) is 11.8. The maximum Gasteiger partial charge on any atom is 0.335 e. The predicted molar refractivity (Wildman–Crippen MR) is 80.3 cm³/mol. The third kappa shape index (κ3) is 4.21. The van der Waals surface area contributed by atoms with Gasteiger partial charge in [0, 0.05) is 19.6 Å². The summed E-state index contributed by atoms with van der Waals surface area (Å²) < 4.78 is 0. The number of aromatic carboxylic acids is 1. The van der Waals surface area contributed by atoms with Crippen LogP contribution in [0.2, 0.25) is 0 Å². The molecule has 2 amide bonds. The van der Waals surface area contributed by atoms with E-state index in [9.17, 15) is 9.59 Å². The molecular formula is C16H22N2O3. The zero-order chi connectivity index (χ0) is 15.2. The lowest BCUT2D eigenvalue weighted by Crippen LogP contribution is -2.44. The van der Waals surface area contributed by atoms with E-state index in [1.807, 2.05) is 13.1 Å². The minimum Gasteiger partial charge on any atom is -0.478 e. The Balaban J connectivity index is 1.88. The Morgan fingerprint density at radius 1 is 1.29 bits per heavy atom. The first-order chi connectivity index (χ1) is 10.1. The molecule has 0 aromatic heterocycles. The van der Waals surface area contributed by atoms with Gasteiger partial charge in [-0.1, -0.05) is 31.4 Å². The zero-order valence-electron chi connectivity index (χ0n) is 12.3. The maximum absolute atomic E-state index is 12.1. The zero-order valence-corrected chi connectivity index (χ0v) is 12.3. The average Bonchev–Trinajstić information content (AvgIpc) is 2.53. The van der Waals surface area contributed by atoms with Gasteiger partial charge in [-0.2, -0.15) is 0 Å². The Labute approximate surface area is 125 Å². The van der Waals surface area contributed by atoms with Gasteiger partial charge in [0.2, 0.25) is 0 Å². The highest BCUT2D eigenvalue weighted by molar-refractivity contribution is 5.87. The fraction of sp³-hybridized carbons (Fsp3) is 0.500. The third-order valence-electron chi connectivity index (χ3n) is 4.06. The van der Waals surface area contributed by atoms with Gasteiger partial charge in [-0.25, -0.2) is 9.59 Å². The first kappa shape index (κ1) is 15.4. The van der Waals surface area contributed by atoms with E-state index in [2.05, 4.69) is 5.32 Å². The number of benzene rings is 1. The predicted octanol–water partition coefficient (Wildman–Crippen LogP) is 2.86. The highest BCUT2D eigenvalue weighted by Gasteiger charge is 2.21. The van der Waals surface area contributed by atoms with Crippen LogP contribution in [-0.2, 0) is 6.54 Å². The van der Waals surface area contributed by atoms with E-state index in [-0.39, 0.29) is 11.6 Å². The Kier molecular flexibility index (Phi) is 5.20. The number of urea groups is 1. The van der Waals surface area contributed by atoms with Crippen molar-refractivity contribution in [2.24, 2.45) is 0 Å². The quantitative estimate of drug-likeness (QED) is 0.895. The summed E-state index contributed by atoms with van der Waals surface area (Å²) in [7, 11) is 1.83. The van der Waals surface area contributed by atoms with Gasteiger partial charge in [0.1, 0.15) is 0 Å². The number of nitrogens with one attached hydrogen (secondary N) is 1. The van der Waals surface area contributed by atoms with Crippen molar-refractivity contribution in [2.75, 3.05) is 7.05 Å². The first-order valence-corrected chi connectivity index (χ1v) is 7.41. The highest BCUT2D eigenvalue weighted by Crippen LogP contribution is 2.21. The number of rotatable bonds is 4. The number of nitrogens with zero attached hydrogens (tertiary/aromatic N) is 1. The van der Waals surface area contributed by atoms with E-state index < -0.39 is 5.97 Å². The van der Waals surface area contributed by atoms with Crippen molar-refractivity contribution >= 4 is 12.0 Å². The monoisotopic (exact) mass is 290 g/mol. The van der Waals surface area contributed by atoms with Crippen LogP contribution in [-0.4, -0.2) is 35.1 Å². The number of carbonyl (C=O) groups is 2. The van der Waals surface area contributed by atoms with Crippen molar-refractivity contribution < 1.29 is 14.7 Å². The molecule has 1 aliphatic carbocycles. The van der Waals surface area contributed by atoms with Gasteiger partial charge in [-0.05, 0) is 30.5 Å². The number of carboxylic acid groups (broad SMARTS) is 1. The van der Waals surface area contributed by atoms with Crippen molar-refractivity contribution in [2.45, 2.75) is 44.7 Å². The van der Waals surface area contributed by atoms with Crippen LogP contribution in [0.25, 0.3) is 0 Å². The molecule has 21 heavy (non-hydrogen) atoms. The topological polar surface area (TPSA) is 69.6 Å². The van der Waals surface area contributed by atoms with E-state index in [1.54, 1.807) is 23.1 Å². The summed E-state index contributed by atoms with van der Waals surface area (Å²) in [5.41, 5.74) is 1.03. The molecule has 0 radical (unpaired) electrons. The van der Waals surface area contributed by atoms with Gasteiger partial charge in [0.15, 0.2) is 0 Å². The van der Waals surface area contributed by atoms with E-state index in [4.69, 9.17) is 5.11 Å².